The smallest absolute Gasteiger partial charge is 0.0959 e. The number of hydrogen-bond donors (Lipinski definition) is 2. The Hall–Kier alpha value is -0.450. The number of hydrogen-bond acceptors (Lipinski definition) is 4. The van der Waals surface area contributed by atoms with Gasteiger partial charge < -0.3 is 10.4 Å². The van der Waals surface area contributed by atoms with Crippen molar-refractivity contribution >= 4 is 11.3 Å². The summed E-state index contributed by atoms with van der Waals surface area (Å²) in [5.41, 5.74) is -0.635. The van der Waals surface area contributed by atoms with Crippen LogP contribution in [-0.4, -0.2) is 22.2 Å². The molecule has 1 saturated carbocycles. The summed E-state index contributed by atoms with van der Waals surface area (Å²) in [5, 5.41) is 14.7. The van der Waals surface area contributed by atoms with E-state index in [2.05, 4.69) is 10.3 Å². The lowest BCUT2D eigenvalue weighted by Gasteiger charge is -2.27. The Kier molecular flexibility index (Phi) is 3.85. The summed E-state index contributed by atoms with van der Waals surface area (Å²) in [6, 6.07) is 0. The molecule has 1 aliphatic rings. The second kappa shape index (κ2) is 5.04. The van der Waals surface area contributed by atoms with Crippen LogP contribution >= 0.6 is 11.3 Å². The van der Waals surface area contributed by atoms with Crippen molar-refractivity contribution in [2.75, 3.05) is 6.54 Å². The van der Waals surface area contributed by atoms with Crippen LogP contribution in [0.4, 0.5) is 0 Å². The van der Waals surface area contributed by atoms with Gasteiger partial charge in [-0.1, -0.05) is 13.8 Å². The number of aromatic nitrogens is 1. The molecule has 3 nitrogen and oxygen atoms in total. The van der Waals surface area contributed by atoms with Gasteiger partial charge in [0.1, 0.15) is 0 Å². The maximum Gasteiger partial charge on any atom is 0.0959 e. The number of thiazole rings is 1. The maximum atomic E-state index is 10.1. The predicted molar refractivity (Wildman–Crippen MR) is 71.3 cm³/mol. The maximum absolute atomic E-state index is 10.1. The SMILES string of the molecule is CC(C)C(C)(O)CNCc1cnc(C2CC2)s1. The standard InChI is InChI=1S/C13H22N2OS/c1-9(2)13(3,16)8-14-6-11-7-15-12(17-11)10-4-5-10/h7,9-10,14,16H,4-6,8H2,1-3H3. The lowest BCUT2D eigenvalue weighted by molar-refractivity contribution is 0.0140. The highest BCUT2D eigenvalue weighted by Crippen LogP contribution is 2.41. The van der Waals surface area contributed by atoms with E-state index in [9.17, 15) is 5.11 Å². The van der Waals surface area contributed by atoms with Crippen LogP contribution in [0.15, 0.2) is 6.20 Å². The molecule has 1 unspecified atom stereocenters. The Balaban J connectivity index is 1.77. The third-order valence-corrected chi connectivity index (χ3v) is 4.68. The van der Waals surface area contributed by atoms with Crippen molar-refractivity contribution < 1.29 is 5.11 Å². The molecule has 0 bridgehead atoms. The molecule has 0 saturated heterocycles. The van der Waals surface area contributed by atoms with Gasteiger partial charge in [0.25, 0.3) is 0 Å². The van der Waals surface area contributed by atoms with E-state index in [1.165, 1.54) is 22.7 Å². The summed E-state index contributed by atoms with van der Waals surface area (Å²) in [6.07, 6.45) is 4.58. The first-order chi connectivity index (χ1) is 7.99. The molecule has 2 N–H and O–H groups in total. The van der Waals surface area contributed by atoms with Crippen LogP contribution in [0, 0.1) is 5.92 Å². The van der Waals surface area contributed by atoms with Crippen LogP contribution in [-0.2, 0) is 6.54 Å². The molecule has 1 atom stereocenters. The number of nitrogens with one attached hydrogen (secondary N) is 1. The van der Waals surface area contributed by atoms with E-state index in [0.29, 0.717) is 6.54 Å². The minimum Gasteiger partial charge on any atom is -0.389 e. The molecule has 1 fully saturated rings. The molecule has 4 heteroatoms. The Morgan fingerprint density at radius 1 is 1.59 bits per heavy atom. The van der Waals surface area contributed by atoms with Gasteiger partial charge in [-0.3, -0.25) is 0 Å². The van der Waals surface area contributed by atoms with Crippen LogP contribution in [0.5, 0.6) is 0 Å². The quantitative estimate of drug-likeness (QED) is 0.820. The van der Waals surface area contributed by atoms with E-state index >= 15 is 0 Å². The molecule has 0 aromatic carbocycles. The van der Waals surface area contributed by atoms with Crippen molar-refractivity contribution in [1.29, 1.82) is 0 Å². The van der Waals surface area contributed by atoms with Crippen molar-refractivity contribution in [3.8, 4) is 0 Å². The summed E-state index contributed by atoms with van der Waals surface area (Å²) in [4.78, 5) is 5.71. The van der Waals surface area contributed by atoms with Crippen LogP contribution in [0.3, 0.4) is 0 Å². The first kappa shape index (κ1) is 13.0. The molecule has 1 aromatic rings. The Labute approximate surface area is 107 Å². The van der Waals surface area contributed by atoms with E-state index in [0.717, 1.165) is 12.5 Å². The summed E-state index contributed by atoms with van der Waals surface area (Å²) < 4.78 is 0. The van der Waals surface area contributed by atoms with Crippen molar-refractivity contribution in [2.24, 2.45) is 5.92 Å². The largest absolute Gasteiger partial charge is 0.389 e. The molecule has 1 heterocycles. The molecule has 96 valence electrons. The number of aliphatic hydroxyl groups is 1. The molecular weight excluding hydrogens is 232 g/mol. The molecular formula is C13H22N2OS. The molecule has 1 aromatic heterocycles. The molecule has 0 amide bonds. The van der Waals surface area contributed by atoms with E-state index in [4.69, 9.17) is 0 Å². The second-order valence-corrected chi connectivity index (χ2v) is 6.70. The minimum absolute atomic E-state index is 0.262. The first-order valence-corrected chi connectivity index (χ1v) is 7.18. The highest BCUT2D eigenvalue weighted by molar-refractivity contribution is 7.11. The summed E-state index contributed by atoms with van der Waals surface area (Å²) in [6.45, 7) is 7.40. The molecule has 0 radical (unpaired) electrons. The molecule has 0 spiro atoms. The Morgan fingerprint density at radius 3 is 2.88 bits per heavy atom. The van der Waals surface area contributed by atoms with Gasteiger partial charge in [0.05, 0.1) is 10.6 Å². The van der Waals surface area contributed by atoms with Crippen molar-refractivity contribution in [2.45, 2.75) is 51.7 Å². The van der Waals surface area contributed by atoms with E-state index in [-0.39, 0.29) is 5.92 Å². The van der Waals surface area contributed by atoms with Crippen molar-refractivity contribution in [3.63, 3.8) is 0 Å². The lowest BCUT2D eigenvalue weighted by atomic mass is 9.93. The molecule has 0 aliphatic heterocycles. The van der Waals surface area contributed by atoms with Gasteiger partial charge in [0.2, 0.25) is 0 Å². The second-order valence-electron chi connectivity index (χ2n) is 5.55. The Morgan fingerprint density at radius 2 is 2.29 bits per heavy atom. The summed E-state index contributed by atoms with van der Waals surface area (Å²) >= 11 is 1.81. The van der Waals surface area contributed by atoms with Gasteiger partial charge >= 0.3 is 0 Å². The zero-order valence-electron chi connectivity index (χ0n) is 10.9. The average molecular weight is 254 g/mol. The zero-order chi connectivity index (χ0) is 12.5. The van der Waals surface area contributed by atoms with Crippen LogP contribution in [0.25, 0.3) is 0 Å². The molecule has 17 heavy (non-hydrogen) atoms. The van der Waals surface area contributed by atoms with Gasteiger partial charge in [-0.25, -0.2) is 4.98 Å². The predicted octanol–water partition coefficient (Wildman–Crippen LogP) is 2.52. The topological polar surface area (TPSA) is 45.1 Å². The van der Waals surface area contributed by atoms with Crippen molar-refractivity contribution in [1.82, 2.24) is 10.3 Å². The third kappa shape index (κ3) is 3.50. The molecule has 1 aliphatic carbocycles. The fourth-order valence-electron chi connectivity index (χ4n) is 1.57. The van der Waals surface area contributed by atoms with Gasteiger partial charge in [-0.15, -0.1) is 11.3 Å². The van der Waals surface area contributed by atoms with Gasteiger partial charge in [-0.05, 0) is 25.7 Å². The minimum atomic E-state index is -0.635. The van der Waals surface area contributed by atoms with E-state index in [1.807, 2.05) is 38.3 Å². The Bertz CT molecular complexity index is 369. The van der Waals surface area contributed by atoms with Crippen LogP contribution in [0.1, 0.15) is 49.4 Å². The number of rotatable bonds is 6. The van der Waals surface area contributed by atoms with Crippen molar-refractivity contribution in [3.05, 3.63) is 16.1 Å². The van der Waals surface area contributed by atoms with E-state index in [1.54, 1.807) is 0 Å². The average Bonchev–Trinajstić information content (AvgIpc) is 2.99. The third-order valence-electron chi connectivity index (χ3n) is 3.52. The van der Waals surface area contributed by atoms with Crippen LogP contribution in [0.2, 0.25) is 0 Å². The highest BCUT2D eigenvalue weighted by Gasteiger charge is 2.27. The normalized spacial score (nSPS) is 19.6. The summed E-state index contributed by atoms with van der Waals surface area (Å²) in [5.74, 6) is 1.01. The first-order valence-electron chi connectivity index (χ1n) is 6.37. The van der Waals surface area contributed by atoms with Gasteiger partial charge in [-0.2, -0.15) is 0 Å². The molecule has 2 rings (SSSR count). The fraction of sp³-hybridized carbons (Fsp3) is 0.769. The van der Waals surface area contributed by atoms with Crippen LogP contribution < -0.4 is 5.32 Å². The van der Waals surface area contributed by atoms with E-state index < -0.39 is 5.60 Å². The fourth-order valence-corrected chi connectivity index (χ4v) is 2.62. The monoisotopic (exact) mass is 254 g/mol. The summed E-state index contributed by atoms with van der Waals surface area (Å²) in [7, 11) is 0. The van der Waals surface area contributed by atoms with Gasteiger partial charge in [0, 0.05) is 30.1 Å². The lowest BCUT2D eigenvalue weighted by Crippen LogP contribution is -2.41. The highest BCUT2D eigenvalue weighted by atomic mass is 32.1. The number of nitrogens with zero attached hydrogens (tertiary/aromatic N) is 1. The van der Waals surface area contributed by atoms with Gasteiger partial charge in [0.15, 0.2) is 0 Å². The zero-order valence-corrected chi connectivity index (χ0v) is 11.7.